The number of anilines is 3. The number of morpholine rings is 1. The van der Waals surface area contributed by atoms with Crippen LogP contribution in [0.5, 0.6) is 0 Å². The second-order valence-electron chi connectivity index (χ2n) is 8.66. The van der Waals surface area contributed by atoms with Crippen molar-refractivity contribution in [2.24, 2.45) is 5.73 Å². The lowest BCUT2D eigenvalue weighted by molar-refractivity contribution is 0.122. The van der Waals surface area contributed by atoms with Gasteiger partial charge < -0.3 is 20.7 Å². The lowest BCUT2D eigenvalue weighted by atomic mass is 9.99. The molecule has 0 bridgehead atoms. The standard InChI is InChI=1S/C24H24F2N6OS/c1-24(2,27)22-17(32-8-10-33-11-9-32)6-7-19(31-22)30-20-12-16-18(13-28-20)34-23(29-16)21-14(25)4-3-5-15(21)26/h3-7,12-13H,8-11,27H2,1-2H3,(H,28,30,31). The van der Waals surface area contributed by atoms with Gasteiger partial charge in [0.1, 0.15) is 28.3 Å². The fraction of sp³-hybridized carbons (Fsp3) is 0.292. The molecule has 0 saturated carbocycles. The first-order chi connectivity index (χ1) is 16.3. The van der Waals surface area contributed by atoms with Gasteiger partial charge in [0, 0.05) is 25.4 Å². The number of aromatic nitrogens is 3. The van der Waals surface area contributed by atoms with Crippen molar-refractivity contribution < 1.29 is 13.5 Å². The van der Waals surface area contributed by atoms with Gasteiger partial charge in [-0.3, -0.25) is 0 Å². The lowest BCUT2D eigenvalue weighted by Gasteiger charge is -2.33. The maximum atomic E-state index is 14.2. The van der Waals surface area contributed by atoms with Crippen molar-refractivity contribution in [1.82, 2.24) is 15.0 Å². The van der Waals surface area contributed by atoms with E-state index in [0.717, 1.165) is 29.2 Å². The molecule has 3 aromatic heterocycles. The molecule has 1 aromatic carbocycles. The van der Waals surface area contributed by atoms with Gasteiger partial charge in [-0.25, -0.2) is 23.7 Å². The fourth-order valence-corrected chi connectivity index (χ4v) is 4.86. The number of halogens is 2. The summed E-state index contributed by atoms with van der Waals surface area (Å²) in [5.74, 6) is -0.183. The van der Waals surface area contributed by atoms with Gasteiger partial charge in [0.25, 0.3) is 0 Å². The van der Waals surface area contributed by atoms with E-state index < -0.39 is 17.2 Å². The number of thiazole rings is 1. The summed E-state index contributed by atoms with van der Waals surface area (Å²) in [6, 6.07) is 9.40. The monoisotopic (exact) mass is 482 g/mol. The van der Waals surface area contributed by atoms with Crippen LogP contribution in [0.25, 0.3) is 20.8 Å². The van der Waals surface area contributed by atoms with Gasteiger partial charge >= 0.3 is 0 Å². The van der Waals surface area contributed by atoms with Gasteiger partial charge in [-0.1, -0.05) is 6.07 Å². The highest BCUT2D eigenvalue weighted by Gasteiger charge is 2.25. The average molecular weight is 483 g/mol. The third-order valence-electron chi connectivity index (χ3n) is 5.54. The van der Waals surface area contributed by atoms with Crippen LogP contribution in [0, 0.1) is 11.6 Å². The number of nitrogens with zero attached hydrogens (tertiary/aromatic N) is 4. The average Bonchev–Trinajstić information content (AvgIpc) is 3.22. The van der Waals surface area contributed by atoms with Crippen molar-refractivity contribution in [2.45, 2.75) is 19.4 Å². The molecule has 0 atom stereocenters. The Labute approximate surface area is 199 Å². The third-order valence-corrected chi connectivity index (χ3v) is 6.57. The van der Waals surface area contributed by atoms with Gasteiger partial charge in [0.15, 0.2) is 0 Å². The fourth-order valence-electron chi connectivity index (χ4n) is 3.90. The van der Waals surface area contributed by atoms with Crippen LogP contribution in [0.15, 0.2) is 42.6 Å². The van der Waals surface area contributed by atoms with Crippen LogP contribution >= 0.6 is 11.3 Å². The molecule has 10 heteroatoms. The van der Waals surface area contributed by atoms with Crippen LogP contribution in [0.2, 0.25) is 0 Å². The number of pyridine rings is 2. The van der Waals surface area contributed by atoms with Crippen molar-refractivity contribution in [1.29, 1.82) is 0 Å². The van der Waals surface area contributed by atoms with Crippen LogP contribution in [-0.4, -0.2) is 41.3 Å². The molecule has 0 spiro atoms. The van der Waals surface area contributed by atoms with Crippen molar-refractivity contribution in [3.8, 4) is 10.6 Å². The quantitative estimate of drug-likeness (QED) is 0.422. The van der Waals surface area contributed by atoms with E-state index in [0.29, 0.717) is 30.4 Å². The minimum absolute atomic E-state index is 0.131. The Kier molecular flexibility index (Phi) is 5.88. The van der Waals surface area contributed by atoms with E-state index in [1.807, 2.05) is 26.0 Å². The minimum atomic E-state index is -0.656. The zero-order valence-corrected chi connectivity index (χ0v) is 19.6. The predicted octanol–water partition coefficient (Wildman–Crippen LogP) is 4.81. The maximum Gasteiger partial charge on any atom is 0.136 e. The van der Waals surface area contributed by atoms with E-state index >= 15 is 0 Å². The van der Waals surface area contributed by atoms with Crippen LogP contribution in [0.3, 0.4) is 0 Å². The highest BCUT2D eigenvalue weighted by atomic mass is 32.1. The van der Waals surface area contributed by atoms with E-state index in [1.165, 1.54) is 29.5 Å². The summed E-state index contributed by atoms with van der Waals surface area (Å²) >= 11 is 1.19. The summed E-state index contributed by atoms with van der Waals surface area (Å²) < 4.78 is 34.6. The number of ether oxygens (including phenoxy) is 1. The van der Waals surface area contributed by atoms with E-state index in [-0.39, 0.29) is 10.6 Å². The van der Waals surface area contributed by atoms with E-state index in [4.69, 9.17) is 15.5 Å². The number of fused-ring (bicyclic) bond motifs is 1. The second-order valence-corrected chi connectivity index (χ2v) is 9.69. The van der Waals surface area contributed by atoms with Crippen LogP contribution in [-0.2, 0) is 10.3 Å². The summed E-state index contributed by atoms with van der Waals surface area (Å²) in [6.07, 6.45) is 1.63. The van der Waals surface area contributed by atoms with Crippen LogP contribution in [0.4, 0.5) is 26.1 Å². The van der Waals surface area contributed by atoms with E-state index in [1.54, 1.807) is 12.3 Å². The van der Waals surface area contributed by atoms with Gasteiger partial charge in [-0.05, 0) is 38.1 Å². The zero-order chi connectivity index (χ0) is 23.9. The topological polar surface area (TPSA) is 89.2 Å². The van der Waals surface area contributed by atoms with Gasteiger partial charge in [0.2, 0.25) is 0 Å². The van der Waals surface area contributed by atoms with Gasteiger partial charge in [-0.15, -0.1) is 11.3 Å². The normalized spacial score (nSPS) is 14.6. The number of hydrogen-bond acceptors (Lipinski definition) is 8. The predicted molar refractivity (Wildman–Crippen MR) is 131 cm³/mol. The molecule has 0 aliphatic carbocycles. The SMILES string of the molecule is CC(C)(N)c1nc(Nc2cc3nc(-c4c(F)cccc4F)sc3cn2)ccc1N1CCOCC1. The Bertz CT molecular complexity index is 1330. The highest BCUT2D eigenvalue weighted by Crippen LogP contribution is 2.34. The number of nitrogens with one attached hydrogen (secondary N) is 1. The Balaban J connectivity index is 1.46. The molecular formula is C24H24F2N6OS. The largest absolute Gasteiger partial charge is 0.378 e. The summed E-state index contributed by atoms with van der Waals surface area (Å²) in [5, 5.41) is 3.47. The molecule has 1 saturated heterocycles. The molecule has 1 aliphatic heterocycles. The molecule has 4 heterocycles. The summed E-state index contributed by atoms with van der Waals surface area (Å²) in [5.41, 5.74) is 8.01. The minimum Gasteiger partial charge on any atom is -0.378 e. The summed E-state index contributed by atoms with van der Waals surface area (Å²) in [6.45, 7) is 6.74. The number of rotatable bonds is 5. The van der Waals surface area contributed by atoms with Gasteiger partial charge in [-0.2, -0.15) is 0 Å². The summed E-state index contributed by atoms with van der Waals surface area (Å²) in [4.78, 5) is 15.9. The maximum absolute atomic E-state index is 14.2. The van der Waals surface area contributed by atoms with Crippen molar-refractivity contribution in [3.05, 3.63) is 59.9 Å². The van der Waals surface area contributed by atoms with Crippen molar-refractivity contribution >= 4 is 38.9 Å². The molecular weight excluding hydrogens is 458 g/mol. The number of hydrogen-bond donors (Lipinski definition) is 2. The first kappa shape index (κ1) is 22.6. The molecule has 5 rings (SSSR count). The Morgan fingerprint density at radius 3 is 2.50 bits per heavy atom. The first-order valence-corrected chi connectivity index (χ1v) is 11.7. The lowest BCUT2D eigenvalue weighted by Crippen LogP contribution is -2.40. The Morgan fingerprint density at radius 2 is 1.79 bits per heavy atom. The molecule has 0 amide bonds. The van der Waals surface area contributed by atoms with Crippen LogP contribution < -0.4 is 16.0 Å². The molecule has 3 N–H and O–H groups in total. The van der Waals surface area contributed by atoms with Gasteiger partial charge in [0.05, 0.1) is 45.9 Å². The molecule has 0 unspecified atom stereocenters. The molecule has 1 aliphatic rings. The molecule has 0 radical (unpaired) electrons. The summed E-state index contributed by atoms with van der Waals surface area (Å²) in [7, 11) is 0. The molecule has 1 fully saturated rings. The second kappa shape index (κ2) is 8.86. The third kappa shape index (κ3) is 4.44. The Hall–Kier alpha value is -3.21. The molecule has 4 aromatic rings. The van der Waals surface area contributed by atoms with Crippen LogP contribution in [0.1, 0.15) is 19.5 Å². The molecule has 176 valence electrons. The molecule has 34 heavy (non-hydrogen) atoms. The van der Waals surface area contributed by atoms with E-state index in [9.17, 15) is 8.78 Å². The number of nitrogens with two attached hydrogens (primary N) is 1. The smallest absolute Gasteiger partial charge is 0.136 e. The zero-order valence-electron chi connectivity index (χ0n) is 18.8. The highest BCUT2D eigenvalue weighted by molar-refractivity contribution is 7.21. The van der Waals surface area contributed by atoms with Crippen molar-refractivity contribution in [2.75, 3.05) is 36.5 Å². The Morgan fingerprint density at radius 1 is 1.06 bits per heavy atom. The van der Waals surface area contributed by atoms with Crippen molar-refractivity contribution in [3.63, 3.8) is 0 Å². The molecule has 7 nitrogen and oxygen atoms in total. The van der Waals surface area contributed by atoms with E-state index in [2.05, 4.69) is 20.2 Å². The first-order valence-electron chi connectivity index (χ1n) is 10.9. The number of benzene rings is 1.